The molecular formula is C20H28N4O10. The van der Waals surface area contributed by atoms with Crippen LogP contribution in [0.15, 0.2) is 24.3 Å². The molecule has 188 valence electrons. The van der Waals surface area contributed by atoms with Crippen molar-refractivity contribution in [2.45, 2.75) is 43.4 Å². The van der Waals surface area contributed by atoms with Crippen LogP contribution in [0.3, 0.4) is 0 Å². The third-order valence-corrected chi connectivity index (χ3v) is 4.63. The standard InChI is InChI=1S/C20H28N4O10/c21-12(5-6-16(28)29)17(30)23-14(8-25)19(32)24-15(9-26)18(31)22-13(20(33)34)7-10-1-3-11(27)4-2-10/h1-4,12-15,25-27H,5-9,21H2,(H,22,31)(H,23,30)(H,24,32)(H,28,29)(H,33,34). The van der Waals surface area contributed by atoms with Crippen molar-refractivity contribution >= 4 is 29.7 Å². The molecule has 0 aliphatic heterocycles. The quantitative estimate of drug-likeness (QED) is 0.126. The SMILES string of the molecule is NC(CCC(=O)O)C(=O)NC(CO)C(=O)NC(CO)C(=O)NC(Cc1ccc(O)cc1)C(=O)O. The highest BCUT2D eigenvalue weighted by molar-refractivity contribution is 5.94. The monoisotopic (exact) mass is 484 g/mol. The molecule has 4 atom stereocenters. The van der Waals surface area contributed by atoms with Gasteiger partial charge in [0.25, 0.3) is 0 Å². The highest BCUT2D eigenvalue weighted by atomic mass is 16.4. The molecule has 1 aromatic carbocycles. The Balaban J connectivity index is 2.75. The first kappa shape index (κ1) is 28.3. The minimum atomic E-state index is -1.61. The molecule has 10 N–H and O–H groups in total. The van der Waals surface area contributed by atoms with E-state index in [1.807, 2.05) is 0 Å². The number of amides is 3. The van der Waals surface area contributed by atoms with E-state index in [1.165, 1.54) is 24.3 Å². The molecule has 0 saturated heterocycles. The van der Waals surface area contributed by atoms with E-state index in [9.17, 15) is 44.4 Å². The number of carboxylic acid groups (broad SMARTS) is 2. The molecule has 14 heteroatoms. The van der Waals surface area contributed by atoms with Crippen LogP contribution in [0.5, 0.6) is 5.75 Å². The lowest BCUT2D eigenvalue weighted by Gasteiger charge is -2.23. The Labute approximate surface area is 193 Å². The van der Waals surface area contributed by atoms with Crippen molar-refractivity contribution in [1.82, 2.24) is 16.0 Å². The van der Waals surface area contributed by atoms with Gasteiger partial charge in [0.2, 0.25) is 17.7 Å². The van der Waals surface area contributed by atoms with Crippen LogP contribution in [-0.2, 0) is 30.4 Å². The number of carbonyl (C=O) groups is 5. The molecule has 14 nitrogen and oxygen atoms in total. The summed E-state index contributed by atoms with van der Waals surface area (Å²) in [6, 6.07) is -0.294. The van der Waals surface area contributed by atoms with Crippen molar-refractivity contribution in [3.63, 3.8) is 0 Å². The third-order valence-electron chi connectivity index (χ3n) is 4.63. The second kappa shape index (κ2) is 13.7. The molecule has 3 amide bonds. The molecule has 0 fully saturated rings. The molecule has 0 aliphatic rings. The normalized spacial score (nSPS) is 14.2. The molecule has 4 unspecified atom stereocenters. The summed E-state index contributed by atoms with van der Waals surface area (Å²) in [4.78, 5) is 58.9. The zero-order valence-corrected chi connectivity index (χ0v) is 18.0. The first-order chi connectivity index (χ1) is 16.0. The van der Waals surface area contributed by atoms with Crippen LogP contribution in [0.2, 0.25) is 0 Å². The molecule has 0 radical (unpaired) electrons. The highest BCUT2D eigenvalue weighted by Crippen LogP contribution is 2.11. The molecule has 0 spiro atoms. The number of nitrogens with one attached hydrogen (secondary N) is 3. The Morgan fingerprint density at radius 1 is 0.794 bits per heavy atom. The second-order valence-electron chi connectivity index (χ2n) is 7.30. The summed E-state index contributed by atoms with van der Waals surface area (Å²) in [5, 5.41) is 52.6. The summed E-state index contributed by atoms with van der Waals surface area (Å²) in [6.45, 7) is -1.82. The Morgan fingerprint density at radius 3 is 1.71 bits per heavy atom. The molecule has 0 aliphatic carbocycles. The number of hydrogen-bond acceptors (Lipinski definition) is 9. The number of hydrogen-bond donors (Lipinski definition) is 9. The van der Waals surface area contributed by atoms with Crippen LogP contribution in [0.1, 0.15) is 18.4 Å². The summed E-state index contributed by atoms with van der Waals surface area (Å²) in [7, 11) is 0. The largest absolute Gasteiger partial charge is 0.508 e. The number of nitrogens with two attached hydrogens (primary N) is 1. The topological polar surface area (TPSA) is 249 Å². The average Bonchev–Trinajstić information content (AvgIpc) is 2.79. The molecular weight excluding hydrogens is 456 g/mol. The zero-order valence-electron chi connectivity index (χ0n) is 18.0. The lowest BCUT2D eigenvalue weighted by atomic mass is 10.1. The van der Waals surface area contributed by atoms with Crippen molar-refractivity contribution in [2.24, 2.45) is 5.73 Å². The van der Waals surface area contributed by atoms with Crippen molar-refractivity contribution < 1.29 is 49.5 Å². The van der Waals surface area contributed by atoms with Gasteiger partial charge in [0.15, 0.2) is 0 Å². The van der Waals surface area contributed by atoms with E-state index in [-0.39, 0.29) is 18.6 Å². The van der Waals surface area contributed by atoms with E-state index in [1.54, 1.807) is 0 Å². The van der Waals surface area contributed by atoms with Gasteiger partial charge in [-0.2, -0.15) is 0 Å². The van der Waals surface area contributed by atoms with Crippen molar-refractivity contribution in [1.29, 1.82) is 0 Å². The molecule has 0 saturated carbocycles. The van der Waals surface area contributed by atoms with Crippen LogP contribution >= 0.6 is 0 Å². The minimum absolute atomic E-state index is 0.0314. The Kier molecular flexibility index (Phi) is 11.4. The van der Waals surface area contributed by atoms with E-state index < -0.39 is 73.5 Å². The number of phenolic OH excluding ortho intramolecular Hbond substituents is 1. The van der Waals surface area contributed by atoms with Crippen LogP contribution in [0.25, 0.3) is 0 Å². The molecule has 0 heterocycles. The summed E-state index contributed by atoms with van der Waals surface area (Å²) in [5.74, 6) is -5.62. The number of benzene rings is 1. The van der Waals surface area contributed by atoms with Gasteiger partial charge in [-0.1, -0.05) is 12.1 Å². The summed E-state index contributed by atoms with van der Waals surface area (Å²) >= 11 is 0. The van der Waals surface area contributed by atoms with Crippen molar-refractivity contribution in [3.8, 4) is 5.75 Å². The van der Waals surface area contributed by atoms with Gasteiger partial charge in [0.05, 0.1) is 19.3 Å². The maximum Gasteiger partial charge on any atom is 0.326 e. The van der Waals surface area contributed by atoms with Gasteiger partial charge in [-0.15, -0.1) is 0 Å². The number of phenols is 1. The van der Waals surface area contributed by atoms with E-state index in [4.69, 9.17) is 10.8 Å². The predicted molar refractivity (Wildman–Crippen MR) is 114 cm³/mol. The van der Waals surface area contributed by atoms with Crippen LogP contribution in [0, 0.1) is 0 Å². The number of aromatic hydroxyl groups is 1. The van der Waals surface area contributed by atoms with Gasteiger partial charge in [-0.05, 0) is 24.1 Å². The number of carboxylic acids is 2. The maximum absolute atomic E-state index is 12.4. The van der Waals surface area contributed by atoms with E-state index in [0.29, 0.717) is 5.56 Å². The molecule has 0 aromatic heterocycles. The molecule has 34 heavy (non-hydrogen) atoms. The van der Waals surface area contributed by atoms with E-state index in [2.05, 4.69) is 16.0 Å². The summed E-state index contributed by atoms with van der Waals surface area (Å²) < 4.78 is 0. The molecule has 0 bridgehead atoms. The highest BCUT2D eigenvalue weighted by Gasteiger charge is 2.30. The summed E-state index contributed by atoms with van der Waals surface area (Å²) in [5.41, 5.74) is 6.02. The van der Waals surface area contributed by atoms with Crippen LogP contribution in [0.4, 0.5) is 0 Å². The third kappa shape index (κ3) is 9.40. The fourth-order valence-electron chi connectivity index (χ4n) is 2.69. The maximum atomic E-state index is 12.4. The number of aliphatic carboxylic acids is 2. The molecule has 1 rings (SSSR count). The first-order valence-corrected chi connectivity index (χ1v) is 10.1. The van der Waals surface area contributed by atoms with Gasteiger partial charge in [0.1, 0.15) is 23.9 Å². The van der Waals surface area contributed by atoms with Crippen LogP contribution in [-0.4, -0.2) is 92.6 Å². The minimum Gasteiger partial charge on any atom is -0.508 e. The Morgan fingerprint density at radius 2 is 1.26 bits per heavy atom. The van der Waals surface area contributed by atoms with E-state index in [0.717, 1.165) is 0 Å². The zero-order chi connectivity index (χ0) is 25.8. The lowest BCUT2D eigenvalue weighted by molar-refractivity contribution is -0.142. The fraction of sp³-hybridized carbons (Fsp3) is 0.450. The first-order valence-electron chi connectivity index (χ1n) is 10.1. The second-order valence-corrected chi connectivity index (χ2v) is 7.30. The molecule has 1 aromatic rings. The van der Waals surface area contributed by atoms with Crippen molar-refractivity contribution in [2.75, 3.05) is 13.2 Å². The predicted octanol–water partition coefficient (Wildman–Crippen LogP) is -3.35. The van der Waals surface area contributed by atoms with Gasteiger partial charge in [-0.3, -0.25) is 19.2 Å². The van der Waals surface area contributed by atoms with Crippen molar-refractivity contribution in [3.05, 3.63) is 29.8 Å². The number of aliphatic hydroxyl groups is 2. The van der Waals surface area contributed by atoms with Crippen LogP contribution < -0.4 is 21.7 Å². The van der Waals surface area contributed by atoms with Gasteiger partial charge in [0, 0.05) is 12.8 Å². The number of carbonyl (C=O) groups excluding carboxylic acids is 3. The Hall–Kier alpha value is -3.75. The number of aliphatic hydroxyl groups excluding tert-OH is 2. The average molecular weight is 484 g/mol. The van der Waals surface area contributed by atoms with Gasteiger partial charge < -0.3 is 47.2 Å². The summed E-state index contributed by atoms with van der Waals surface area (Å²) in [6.07, 6.45) is -0.774. The lowest BCUT2D eigenvalue weighted by Crippen LogP contribution is -2.59. The smallest absolute Gasteiger partial charge is 0.326 e. The van der Waals surface area contributed by atoms with E-state index >= 15 is 0 Å². The van der Waals surface area contributed by atoms with Gasteiger partial charge in [-0.25, -0.2) is 4.79 Å². The number of rotatable bonds is 14. The van der Waals surface area contributed by atoms with Gasteiger partial charge >= 0.3 is 11.9 Å². The Bertz CT molecular complexity index is 877. The fourth-order valence-corrected chi connectivity index (χ4v) is 2.69.